The van der Waals surface area contributed by atoms with Crippen LogP contribution in [0.4, 0.5) is 0 Å². The van der Waals surface area contributed by atoms with E-state index in [-0.39, 0.29) is 10.8 Å². The lowest BCUT2D eigenvalue weighted by Crippen LogP contribution is -2.54. The Labute approximate surface area is 150 Å². The van der Waals surface area contributed by atoms with Gasteiger partial charge in [0.2, 0.25) is 0 Å². The minimum absolute atomic E-state index is 0.101. The average molecular weight is 336 g/mol. The normalized spacial score (nSPS) is 47.8. The molecule has 0 amide bonds. The molecule has 1 aromatic rings. The second-order valence-corrected chi connectivity index (χ2v) is 9.49. The van der Waals surface area contributed by atoms with E-state index in [0.717, 1.165) is 25.7 Å². The summed E-state index contributed by atoms with van der Waals surface area (Å²) in [5, 5.41) is 18.5. The van der Waals surface area contributed by atoms with E-state index in [4.69, 9.17) is 6.42 Å². The molecule has 25 heavy (non-hydrogen) atoms. The summed E-state index contributed by atoms with van der Waals surface area (Å²) >= 11 is 0. The molecule has 3 fully saturated rings. The molecule has 6 unspecified atom stereocenters. The molecule has 0 saturated heterocycles. The lowest BCUT2D eigenvalue weighted by Gasteiger charge is -2.58. The van der Waals surface area contributed by atoms with E-state index < -0.39 is 5.60 Å². The molecular weight excluding hydrogens is 308 g/mol. The van der Waals surface area contributed by atoms with Crippen LogP contribution in [-0.2, 0) is 6.42 Å². The Morgan fingerprint density at radius 2 is 2.04 bits per heavy atom. The van der Waals surface area contributed by atoms with E-state index in [1.165, 1.54) is 30.5 Å². The number of nitrogens with zero attached hydrogens (tertiary/aromatic N) is 1. The Hall–Kier alpha value is -1.53. The van der Waals surface area contributed by atoms with Crippen LogP contribution in [0, 0.1) is 40.9 Å². The van der Waals surface area contributed by atoms with Gasteiger partial charge < -0.3 is 5.11 Å². The van der Waals surface area contributed by atoms with Gasteiger partial charge in [0.25, 0.3) is 0 Å². The van der Waals surface area contributed by atoms with Gasteiger partial charge in [-0.3, -0.25) is 5.10 Å². The van der Waals surface area contributed by atoms with E-state index in [1.807, 2.05) is 6.20 Å². The van der Waals surface area contributed by atoms with Crippen molar-refractivity contribution in [3.63, 3.8) is 0 Å². The number of nitrogens with one attached hydrogen (secondary N) is 1. The zero-order chi connectivity index (χ0) is 17.4. The molecule has 2 N–H and O–H groups in total. The minimum atomic E-state index is -0.899. The average Bonchev–Trinajstić information content (AvgIpc) is 3.14. The number of aliphatic hydroxyl groups is 1. The molecule has 6 atom stereocenters. The SMILES string of the molecule is C#CC1(O)CCC2C3CCC4=Cc5[nH]ncc5CC4(C)C3CCC21C. The Kier molecular flexibility index (Phi) is 3.01. The molecule has 132 valence electrons. The molecule has 0 spiro atoms. The molecule has 0 bridgehead atoms. The van der Waals surface area contributed by atoms with Crippen molar-refractivity contribution in [3.05, 3.63) is 23.0 Å². The first-order valence-corrected chi connectivity index (χ1v) is 9.85. The molecule has 0 aliphatic heterocycles. The Balaban J connectivity index is 1.53. The maximum Gasteiger partial charge on any atom is 0.130 e. The lowest BCUT2D eigenvalue weighted by atomic mass is 9.46. The fourth-order valence-electron chi connectivity index (χ4n) is 7.22. The third-order valence-corrected chi connectivity index (χ3v) is 8.75. The van der Waals surface area contributed by atoms with Gasteiger partial charge in [0, 0.05) is 5.41 Å². The fourth-order valence-corrected chi connectivity index (χ4v) is 7.22. The first kappa shape index (κ1) is 15.7. The van der Waals surface area contributed by atoms with Gasteiger partial charge in [-0.2, -0.15) is 5.10 Å². The van der Waals surface area contributed by atoms with Gasteiger partial charge in [0.1, 0.15) is 5.60 Å². The monoisotopic (exact) mass is 336 g/mol. The van der Waals surface area contributed by atoms with Crippen LogP contribution in [0.5, 0.6) is 0 Å². The minimum Gasteiger partial charge on any atom is -0.377 e. The highest BCUT2D eigenvalue weighted by Crippen LogP contribution is 2.67. The summed E-state index contributed by atoms with van der Waals surface area (Å²) in [4.78, 5) is 0. The molecule has 4 aliphatic carbocycles. The number of fused-ring (bicyclic) bond motifs is 6. The van der Waals surface area contributed by atoms with Crippen LogP contribution in [0.15, 0.2) is 11.8 Å². The summed E-state index contributed by atoms with van der Waals surface area (Å²) in [7, 11) is 0. The van der Waals surface area contributed by atoms with Crippen molar-refractivity contribution in [3.8, 4) is 12.3 Å². The number of hydrogen-bond acceptors (Lipinski definition) is 2. The van der Waals surface area contributed by atoms with Gasteiger partial charge in [-0.05, 0) is 79.8 Å². The standard InChI is InChI=1S/C22H28N2O/c1-4-22(25)10-8-18-16-6-5-15-11-19-14(13-23-24-19)12-20(15,2)17(16)7-9-21(18,22)3/h1,11,13,16-18,25H,5-10,12H2,2-3H3,(H,23,24). The lowest BCUT2D eigenvalue weighted by molar-refractivity contribution is -0.0974. The second-order valence-electron chi connectivity index (χ2n) is 9.49. The van der Waals surface area contributed by atoms with Crippen molar-refractivity contribution >= 4 is 6.08 Å². The second kappa shape index (κ2) is 4.80. The van der Waals surface area contributed by atoms with Crippen LogP contribution >= 0.6 is 0 Å². The number of aromatic amines is 1. The van der Waals surface area contributed by atoms with Crippen molar-refractivity contribution in [2.45, 2.75) is 64.4 Å². The van der Waals surface area contributed by atoms with E-state index in [2.05, 4.69) is 36.0 Å². The van der Waals surface area contributed by atoms with Crippen LogP contribution in [-0.4, -0.2) is 20.9 Å². The molecule has 4 aliphatic rings. The molecule has 3 saturated carbocycles. The number of H-pyrrole nitrogens is 1. The molecule has 1 aromatic heterocycles. The Morgan fingerprint density at radius 1 is 1.24 bits per heavy atom. The van der Waals surface area contributed by atoms with Crippen LogP contribution in [0.2, 0.25) is 0 Å². The highest BCUT2D eigenvalue weighted by Gasteiger charge is 2.63. The molecule has 3 heteroatoms. The maximum atomic E-state index is 11.1. The van der Waals surface area contributed by atoms with Gasteiger partial charge in [-0.1, -0.05) is 25.3 Å². The number of rotatable bonds is 0. The van der Waals surface area contributed by atoms with Crippen LogP contribution < -0.4 is 0 Å². The summed E-state index contributed by atoms with van der Waals surface area (Å²) in [6.07, 6.45) is 17.8. The third kappa shape index (κ3) is 1.79. The number of terminal acetylenes is 1. The van der Waals surface area contributed by atoms with E-state index in [1.54, 1.807) is 5.57 Å². The topological polar surface area (TPSA) is 48.9 Å². The molecule has 0 aromatic carbocycles. The smallest absolute Gasteiger partial charge is 0.130 e. The molecule has 3 nitrogen and oxygen atoms in total. The first-order chi connectivity index (χ1) is 11.9. The largest absolute Gasteiger partial charge is 0.377 e. The number of aromatic nitrogens is 2. The van der Waals surface area contributed by atoms with Gasteiger partial charge >= 0.3 is 0 Å². The van der Waals surface area contributed by atoms with Crippen LogP contribution in [0.1, 0.15) is 63.6 Å². The highest BCUT2D eigenvalue weighted by molar-refractivity contribution is 5.58. The van der Waals surface area contributed by atoms with Crippen LogP contribution in [0.25, 0.3) is 6.08 Å². The molecule has 0 radical (unpaired) electrons. The first-order valence-electron chi connectivity index (χ1n) is 9.85. The van der Waals surface area contributed by atoms with Crippen molar-refractivity contribution in [1.29, 1.82) is 0 Å². The Bertz CT molecular complexity index is 801. The summed E-state index contributed by atoms with van der Waals surface area (Å²) in [5.41, 5.74) is 3.44. The molecular formula is C22H28N2O. The van der Waals surface area contributed by atoms with Crippen molar-refractivity contribution in [1.82, 2.24) is 10.2 Å². The van der Waals surface area contributed by atoms with Gasteiger partial charge in [-0.15, -0.1) is 6.42 Å². The van der Waals surface area contributed by atoms with E-state index in [9.17, 15) is 5.11 Å². The van der Waals surface area contributed by atoms with Crippen molar-refractivity contribution < 1.29 is 5.11 Å². The predicted molar refractivity (Wildman–Crippen MR) is 98.4 cm³/mol. The summed E-state index contributed by atoms with van der Waals surface area (Å²) in [5.74, 6) is 4.74. The maximum absolute atomic E-state index is 11.1. The fraction of sp³-hybridized carbons (Fsp3) is 0.682. The van der Waals surface area contributed by atoms with Gasteiger partial charge in [0.15, 0.2) is 0 Å². The van der Waals surface area contributed by atoms with Crippen molar-refractivity contribution in [2.24, 2.45) is 28.6 Å². The Morgan fingerprint density at radius 3 is 2.84 bits per heavy atom. The summed E-state index contributed by atoms with van der Waals surface area (Å²) in [6, 6.07) is 0. The van der Waals surface area contributed by atoms with E-state index in [0.29, 0.717) is 17.8 Å². The van der Waals surface area contributed by atoms with E-state index >= 15 is 0 Å². The quantitative estimate of drug-likeness (QED) is 0.705. The van der Waals surface area contributed by atoms with Crippen LogP contribution in [0.3, 0.4) is 0 Å². The summed E-state index contributed by atoms with van der Waals surface area (Å²) < 4.78 is 0. The van der Waals surface area contributed by atoms with Gasteiger partial charge in [0.05, 0.1) is 11.9 Å². The van der Waals surface area contributed by atoms with Gasteiger partial charge in [-0.25, -0.2) is 0 Å². The molecule has 1 heterocycles. The number of hydrogen-bond donors (Lipinski definition) is 2. The highest BCUT2D eigenvalue weighted by atomic mass is 16.3. The number of allylic oxidation sites excluding steroid dienone is 1. The summed E-state index contributed by atoms with van der Waals surface area (Å²) in [6.45, 7) is 4.75. The zero-order valence-electron chi connectivity index (χ0n) is 15.3. The van der Waals surface area contributed by atoms with Crippen molar-refractivity contribution in [2.75, 3.05) is 0 Å². The predicted octanol–water partition coefficient (Wildman–Crippen LogP) is 3.96. The zero-order valence-corrected chi connectivity index (χ0v) is 15.3. The molecule has 5 rings (SSSR count). The third-order valence-electron chi connectivity index (χ3n) is 8.75.